The minimum atomic E-state index is -0.644. The summed E-state index contributed by atoms with van der Waals surface area (Å²) >= 11 is 0. The molecule has 2 aliphatic carbocycles. The lowest BCUT2D eigenvalue weighted by atomic mass is 9.53. The van der Waals surface area contributed by atoms with Crippen LogP contribution in [0.15, 0.2) is 205 Å². The number of benzene rings is 9. The minimum Gasteiger partial charge on any atom is -0.456 e. The van der Waals surface area contributed by atoms with Crippen LogP contribution in [0, 0.1) is 0 Å². The maximum Gasteiger partial charge on any atom is 0.137 e. The van der Waals surface area contributed by atoms with Gasteiger partial charge < -0.3 is 9.32 Å². The number of furan rings is 1. The maximum absolute atomic E-state index is 6.81. The van der Waals surface area contributed by atoms with Gasteiger partial charge in [0.15, 0.2) is 0 Å². The fourth-order valence-electron chi connectivity index (χ4n) is 12.3. The average molecular weight is 794 g/mol. The summed E-state index contributed by atoms with van der Waals surface area (Å²) in [5.41, 5.74) is 22.5. The summed E-state index contributed by atoms with van der Waals surface area (Å²) in [4.78, 5) is 2.64. The normalized spacial score (nSPS) is 17.6. The van der Waals surface area contributed by atoms with Crippen LogP contribution >= 0.6 is 0 Å². The Morgan fingerprint density at radius 1 is 0.419 bits per heavy atom. The first-order valence-corrected chi connectivity index (χ1v) is 22.2. The molecule has 2 nitrogen and oxygen atoms in total. The van der Waals surface area contributed by atoms with Crippen LogP contribution in [0.25, 0.3) is 44.2 Å². The largest absolute Gasteiger partial charge is 0.456 e. The molecular weight excluding hydrogens is 751 g/mol. The van der Waals surface area contributed by atoms with E-state index in [9.17, 15) is 0 Å². The van der Waals surface area contributed by atoms with E-state index < -0.39 is 10.8 Å². The first kappa shape index (κ1) is 35.3. The van der Waals surface area contributed by atoms with Gasteiger partial charge in [-0.3, -0.25) is 0 Å². The van der Waals surface area contributed by atoms with Gasteiger partial charge in [-0.25, -0.2) is 0 Å². The van der Waals surface area contributed by atoms with Gasteiger partial charge in [0.05, 0.1) is 27.9 Å². The van der Waals surface area contributed by atoms with E-state index in [1.165, 1.54) is 89.3 Å². The Kier molecular flexibility index (Phi) is 7.30. The van der Waals surface area contributed by atoms with E-state index in [1.54, 1.807) is 0 Å². The van der Waals surface area contributed by atoms with Crippen LogP contribution in [-0.2, 0) is 10.8 Å². The zero-order valence-corrected chi connectivity index (χ0v) is 35.0. The SMILES string of the molecule is CC.CC1c2ccccc2C2(c3ccccc3)c3cc(-c4ccccc4)cc4c3N(c3cc5oc6ccccc6c5cc3C43c4ccccc4-c4ccccc43)c3cccc1c32. The Labute approximate surface area is 362 Å². The lowest BCUT2D eigenvalue weighted by Gasteiger charge is -2.55. The second-order valence-corrected chi connectivity index (χ2v) is 17.1. The van der Waals surface area contributed by atoms with E-state index in [2.05, 4.69) is 212 Å². The molecule has 0 radical (unpaired) electrons. The van der Waals surface area contributed by atoms with Crippen LogP contribution in [0.1, 0.15) is 82.3 Å². The molecule has 294 valence electrons. The molecule has 2 heteroatoms. The van der Waals surface area contributed by atoms with Crippen molar-refractivity contribution in [2.45, 2.75) is 37.5 Å². The Balaban J connectivity index is 0.00000193. The highest BCUT2D eigenvalue weighted by molar-refractivity contribution is 6.10. The fourth-order valence-corrected chi connectivity index (χ4v) is 12.3. The van der Waals surface area contributed by atoms with Gasteiger partial charge in [-0.05, 0) is 108 Å². The van der Waals surface area contributed by atoms with Crippen molar-refractivity contribution in [3.05, 3.63) is 256 Å². The van der Waals surface area contributed by atoms with Crippen molar-refractivity contribution in [1.82, 2.24) is 0 Å². The zero-order valence-electron chi connectivity index (χ0n) is 35.0. The number of anilines is 3. The van der Waals surface area contributed by atoms with Gasteiger partial charge in [-0.2, -0.15) is 0 Å². The molecule has 0 N–H and O–H groups in total. The molecule has 0 bridgehead atoms. The van der Waals surface area contributed by atoms with Crippen LogP contribution in [0.5, 0.6) is 0 Å². The summed E-state index contributed by atoms with van der Waals surface area (Å²) in [6.07, 6.45) is 0. The van der Waals surface area contributed by atoms with Gasteiger partial charge in [-0.15, -0.1) is 0 Å². The third kappa shape index (κ3) is 4.20. The van der Waals surface area contributed by atoms with Crippen molar-refractivity contribution < 1.29 is 4.42 Å². The molecule has 2 aliphatic heterocycles. The van der Waals surface area contributed by atoms with Crippen molar-refractivity contribution >= 4 is 39.0 Å². The first-order chi connectivity index (χ1) is 30.7. The predicted molar refractivity (Wildman–Crippen MR) is 255 cm³/mol. The summed E-state index contributed by atoms with van der Waals surface area (Å²) < 4.78 is 6.81. The quantitative estimate of drug-likeness (QED) is 0.173. The molecule has 1 spiro atoms. The predicted octanol–water partition coefficient (Wildman–Crippen LogP) is 15.6. The van der Waals surface area contributed by atoms with Gasteiger partial charge in [0.25, 0.3) is 0 Å². The highest BCUT2D eigenvalue weighted by Gasteiger charge is 2.58. The lowest BCUT2D eigenvalue weighted by molar-refractivity contribution is 0.649. The monoisotopic (exact) mass is 793 g/mol. The zero-order chi connectivity index (χ0) is 41.3. The van der Waals surface area contributed by atoms with E-state index >= 15 is 0 Å². The van der Waals surface area contributed by atoms with Gasteiger partial charge in [0.2, 0.25) is 0 Å². The van der Waals surface area contributed by atoms with E-state index in [0.717, 1.165) is 27.6 Å². The molecular formula is C60H43NO. The van der Waals surface area contributed by atoms with Gasteiger partial charge in [-0.1, -0.05) is 185 Å². The molecule has 0 amide bonds. The van der Waals surface area contributed by atoms with Crippen molar-refractivity contribution in [3.63, 3.8) is 0 Å². The fraction of sp³-hybridized carbons (Fsp3) is 0.100. The van der Waals surface area contributed by atoms with Crippen LogP contribution in [0.3, 0.4) is 0 Å². The topological polar surface area (TPSA) is 16.4 Å². The number of rotatable bonds is 2. The molecule has 10 aromatic rings. The first-order valence-electron chi connectivity index (χ1n) is 22.2. The number of nitrogens with zero attached hydrogens (tertiary/aromatic N) is 1. The minimum absolute atomic E-state index is 0.202. The molecule has 9 aromatic carbocycles. The summed E-state index contributed by atoms with van der Waals surface area (Å²) in [5.74, 6) is 0.202. The van der Waals surface area contributed by atoms with E-state index in [0.29, 0.717) is 0 Å². The average Bonchev–Trinajstić information content (AvgIpc) is 3.86. The summed E-state index contributed by atoms with van der Waals surface area (Å²) in [7, 11) is 0. The number of hydrogen-bond donors (Lipinski definition) is 0. The third-order valence-electron chi connectivity index (χ3n) is 14.5. The van der Waals surface area contributed by atoms with Gasteiger partial charge >= 0.3 is 0 Å². The number of para-hydroxylation sites is 1. The molecule has 0 fully saturated rings. The molecule has 1 aromatic heterocycles. The van der Waals surface area contributed by atoms with Gasteiger partial charge in [0.1, 0.15) is 11.2 Å². The summed E-state index contributed by atoms with van der Waals surface area (Å²) in [6, 6.07) is 75.5. The Hall–Kier alpha value is -7.42. The Morgan fingerprint density at radius 3 is 1.76 bits per heavy atom. The van der Waals surface area contributed by atoms with Crippen LogP contribution in [0.2, 0.25) is 0 Å². The number of fused-ring (bicyclic) bond motifs is 16. The molecule has 14 rings (SSSR count). The second-order valence-electron chi connectivity index (χ2n) is 17.1. The van der Waals surface area contributed by atoms with E-state index in [1.807, 2.05) is 13.8 Å². The van der Waals surface area contributed by atoms with Crippen LogP contribution in [-0.4, -0.2) is 0 Å². The van der Waals surface area contributed by atoms with Gasteiger partial charge in [0, 0.05) is 22.8 Å². The van der Waals surface area contributed by atoms with Crippen LogP contribution < -0.4 is 4.90 Å². The Morgan fingerprint density at radius 2 is 1.02 bits per heavy atom. The molecule has 3 heterocycles. The van der Waals surface area contributed by atoms with Crippen molar-refractivity contribution in [2.24, 2.45) is 0 Å². The molecule has 2 unspecified atom stereocenters. The summed E-state index contributed by atoms with van der Waals surface area (Å²) in [5, 5.41) is 2.28. The molecule has 2 atom stereocenters. The molecule has 0 saturated heterocycles. The Bertz CT molecular complexity index is 3420. The standard InChI is InChI=1S/C58H37NO.C2H6/c1-35-39-21-8-12-26-45(39)57(38-19-6-3-7-20-38)49-31-37(36-17-4-2-5-18-36)32-50-56(49)59(51-29-16-25-40(35)55(51)57)52-34-54-44(43-24-11-15-30-53(43)60-54)33-48(52)58(50)46-27-13-9-22-41(46)42-23-10-14-28-47(42)58;1-2/h2-35H,1H3;1-2H3. The molecule has 62 heavy (non-hydrogen) atoms. The second kappa shape index (κ2) is 12.8. The molecule has 4 aliphatic rings. The van der Waals surface area contributed by atoms with Crippen molar-refractivity contribution in [2.75, 3.05) is 4.90 Å². The highest BCUT2D eigenvalue weighted by atomic mass is 16.3. The maximum atomic E-state index is 6.81. The van der Waals surface area contributed by atoms with Crippen molar-refractivity contribution in [3.8, 4) is 22.3 Å². The van der Waals surface area contributed by atoms with E-state index in [-0.39, 0.29) is 5.92 Å². The summed E-state index contributed by atoms with van der Waals surface area (Å²) in [6.45, 7) is 6.40. The number of hydrogen-bond acceptors (Lipinski definition) is 2. The highest BCUT2D eigenvalue weighted by Crippen LogP contribution is 2.71. The van der Waals surface area contributed by atoms with E-state index in [4.69, 9.17) is 4.42 Å². The van der Waals surface area contributed by atoms with Crippen LogP contribution in [0.4, 0.5) is 17.1 Å². The molecule has 0 saturated carbocycles. The third-order valence-corrected chi connectivity index (χ3v) is 14.5. The van der Waals surface area contributed by atoms with Crippen molar-refractivity contribution in [1.29, 1.82) is 0 Å². The smallest absolute Gasteiger partial charge is 0.137 e. The lowest BCUT2D eigenvalue weighted by Crippen LogP contribution is -2.46.